The molecule has 1 fully saturated rings. The summed E-state index contributed by atoms with van der Waals surface area (Å²) in [4.78, 5) is 0. The van der Waals surface area contributed by atoms with Crippen LogP contribution in [0.15, 0.2) is 48.5 Å². The fourth-order valence-corrected chi connectivity index (χ4v) is 3.82. The van der Waals surface area contributed by atoms with Gasteiger partial charge in [0.2, 0.25) is 0 Å². The first-order valence-corrected chi connectivity index (χ1v) is 9.26. The Bertz CT molecular complexity index is 719. The molecule has 4 atom stereocenters. The summed E-state index contributed by atoms with van der Waals surface area (Å²) in [5, 5.41) is 34.0. The zero-order valence-corrected chi connectivity index (χ0v) is 15.7. The van der Waals surface area contributed by atoms with Crippen molar-refractivity contribution in [2.24, 2.45) is 5.92 Å². The van der Waals surface area contributed by atoms with Gasteiger partial charge in [-0.25, -0.2) is 0 Å². The number of benzene rings is 2. The molecular weight excluding hydrogens is 326 g/mol. The number of aliphatic hydroxyl groups excluding tert-OH is 2. The second-order valence-electron chi connectivity index (χ2n) is 8.41. The first-order chi connectivity index (χ1) is 12.2. The number of phenolic OH excluding ortho intramolecular Hbond substituents is 1. The molecule has 1 unspecified atom stereocenters. The maximum absolute atomic E-state index is 10.8. The van der Waals surface area contributed by atoms with Gasteiger partial charge in [0.1, 0.15) is 5.75 Å². The molecule has 4 nitrogen and oxygen atoms in total. The zero-order chi connectivity index (χ0) is 18.9. The molecule has 0 aromatic heterocycles. The Labute approximate surface area is 155 Å². The molecule has 0 saturated heterocycles. The van der Waals surface area contributed by atoms with Crippen molar-refractivity contribution in [3.8, 4) is 16.9 Å². The SMILES string of the molecule is CC(C)(C)N[C@@H]1C[C@@H](C(O)c2ccc(-c3ccc(O)cc3)cc2)C[C@H]1O. The summed E-state index contributed by atoms with van der Waals surface area (Å²) in [6.07, 6.45) is 0.365. The molecule has 0 radical (unpaired) electrons. The van der Waals surface area contributed by atoms with Crippen LogP contribution in [0.1, 0.15) is 45.3 Å². The summed E-state index contributed by atoms with van der Waals surface area (Å²) in [6, 6.07) is 15.0. The van der Waals surface area contributed by atoms with E-state index in [0.29, 0.717) is 6.42 Å². The summed E-state index contributed by atoms with van der Waals surface area (Å²) in [7, 11) is 0. The van der Waals surface area contributed by atoms with Gasteiger partial charge in [0.15, 0.2) is 0 Å². The Morgan fingerprint density at radius 2 is 1.46 bits per heavy atom. The van der Waals surface area contributed by atoms with Crippen LogP contribution in [0.4, 0.5) is 0 Å². The van der Waals surface area contributed by atoms with Crippen LogP contribution in [0.25, 0.3) is 11.1 Å². The zero-order valence-electron chi connectivity index (χ0n) is 15.7. The number of hydrogen-bond donors (Lipinski definition) is 4. The molecule has 0 bridgehead atoms. The predicted molar refractivity (Wildman–Crippen MR) is 104 cm³/mol. The van der Waals surface area contributed by atoms with Crippen molar-refractivity contribution >= 4 is 0 Å². The molecule has 26 heavy (non-hydrogen) atoms. The maximum atomic E-state index is 10.8. The van der Waals surface area contributed by atoms with Crippen molar-refractivity contribution in [3.05, 3.63) is 54.1 Å². The van der Waals surface area contributed by atoms with Crippen LogP contribution in [0.2, 0.25) is 0 Å². The lowest BCUT2D eigenvalue weighted by Gasteiger charge is -2.28. The summed E-state index contributed by atoms with van der Waals surface area (Å²) in [6.45, 7) is 6.27. The molecule has 1 aliphatic rings. The van der Waals surface area contributed by atoms with E-state index in [4.69, 9.17) is 0 Å². The van der Waals surface area contributed by atoms with Gasteiger partial charge in [-0.15, -0.1) is 0 Å². The minimum absolute atomic E-state index is 0.0194. The van der Waals surface area contributed by atoms with Crippen LogP contribution >= 0.6 is 0 Å². The van der Waals surface area contributed by atoms with Crippen LogP contribution in [-0.2, 0) is 0 Å². The standard InChI is InChI=1S/C22H29NO3/c1-22(2,3)23-19-12-17(13-20(19)25)21(26)16-6-4-14(5-7-16)15-8-10-18(24)11-9-15/h4-11,17,19-21,23-26H,12-13H2,1-3H3/t17-,19-,20-,21?/m1/s1. The van der Waals surface area contributed by atoms with Gasteiger partial charge >= 0.3 is 0 Å². The highest BCUT2D eigenvalue weighted by Crippen LogP contribution is 2.37. The first kappa shape index (κ1) is 18.9. The molecule has 140 valence electrons. The fourth-order valence-electron chi connectivity index (χ4n) is 3.82. The van der Waals surface area contributed by atoms with Crippen LogP contribution in [0, 0.1) is 5.92 Å². The molecule has 0 amide bonds. The lowest BCUT2D eigenvalue weighted by atomic mass is 9.92. The van der Waals surface area contributed by atoms with Crippen molar-refractivity contribution in [1.29, 1.82) is 0 Å². The highest BCUT2D eigenvalue weighted by molar-refractivity contribution is 5.64. The molecule has 2 aromatic carbocycles. The number of aromatic hydroxyl groups is 1. The highest BCUT2D eigenvalue weighted by atomic mass is 16.3. The smallest absolute Gasteiger partial charge is 0.115 e. The quantitative estimate of drug-likeness (QED) is 0.676. The first-order valence-electron chi connectivity index (χ1n) is 9.26. The summed E-state index contributed by atoms with van der Waals surface area (Å²) in [5.41, 5.74) is 2.88. The predicted octanol–water partition coefficient (Wildman–Crippen LogP) is 3.62. The Hall–Kier alpha value is -1.88. The number of rotatable bonds is 4. The molecule has 4 heteroatoms. The molecule has 3 rings (SSSR count). The number of nitrogens with one attached hydrogen (secondary N) is 1. The fraction of sp³-hybridized carbons (Fsp3) is 0.455. The van der Waals surface area contributed by atoms with E-state index in [2.05, 4.69) is 26.1 Å². The van der Waals surface area contributed by atoms with Gasteiger partial charge in [0.25, 0.3) is 0 Å². The van der Waals surface area contributed by atoms with Crippen LogP contribution in [0.5, 0.6) is 5.75 Å². The van der Waals surface area contributed by atoms with E-state index < -0.39 is 12.2 Å². The van der Waals surface area contributed by atoms with Crippen molar-refractivity contribution < 1.29 is 15.3 Å². The van der Waals surface area contributed by atoms with Gasteiger partial charge in [-0.2, -0.15) is 0 Å². The molecule has 0 spiro atoms. The molecular formula is C22H29NO3. The highest BCUT2D eigenvalue weighted by Gasteiger charge is 2.38. The van der Waals surface area contributed by atoms with E-state index in [1.165, 1.54) is 0 Å². The summed E-state index contributed by atoms with van der Waals surface area (Å²) >= 11 is 0. The average molecular weight is 355 g/mol. The third-order valence-corrected chi connectivity index (χ3v) is 5.08. The average Bonchev–Trinajstić information content (AvgIpc) is 2.94. The Balaban J connectivity index is 1.68. The number of hydrogen-bond acceptors (Lipinski definition) is 4. The van der Waals surface area contributed by atoms with Gasteiger partial charge in [-0.3, -0.25) is 0 Å². The van der Waals surface area contributed by atoms with E-state index in [9.17, 15) is 15.3 Å². The lowest BCUT2D eigenvalue weighted by molar-refractivity contribution is 0.0958. The number of phenols is 1. The van der Waals surface area contributed by atoms with E-state index in [1.54, 1.807) is 12.1 Å². The van der Waals surface area contributed by atoms with Gasteiger partial charge < -0.3 is 20.6 Å². The van der Waals surface area contributed by atoms with Crippen LogP contribution in [0.3, 0.4) is 0 Å². The second kappa shape index (κ2) is 7.39. The van der Waals surface area contributed by atoms with Gasteiger partial charge in [0.05, 0.1) is 12.2 Å². The summed E-state index contributed by atoms with van der Waals surface area (Å²) in [5.74, 6) is 0.295. The monoisotopic (exact) mass is 355 g/mol. The Kier molecular flexibility index (Phi) is 5.37. The largest absolute Gasteiger partial charge is 0.508 e. The van der Waals surface area contributed by atoms with E-state index >= 15 is 0 Å². The third kappa shape index (κ3) is 4.44. The summed E-state index contributed by atoms with van der Waals surface area (Å²) < 4.78 is 0. The molecule has 2 aromatic rings. The third-order valence-electron chi connectivity index (χ3n) is 5.08. The number of aliphatic hydroxyl groups is 2. The molecule has 1 aliphatic carbocycles. The normalized spacial score (nSPS) is 24.6. The Morgan fingerprint density at radius 1 is 0.923 bits per heavy atom. The lowest BCUT2D eigenvalue weighted by Crippen LogP contribution is -2.47. The minimum Gasteiger partial charge on any atom is -0.508 e. The topological polar surface area (TPSA) is 72.7 Å². The molecule has 1 saturated carbocycles. The van der Waals surface area contributed by atoms with Crippen LogP contribution in [-0.4, -0.2) is 33.0 Å². The van der Waals surface area contributed by atoms with Gasteiger partial charge in [-0.05, 0) is 68.4 Å². The molecule has 0 aliphatic heterocycles. The van der Waals surface area contributed by atoms with E-state index in [1.807, 2.05) is 36.4 Å². The van der Waals surface area contributed by atoms with Crippen molar-refractivity contribution in [2.75, 3.05) is 0 Å². The molecule has 0 heterocycles. The minimum atomic E-state index is -0.578. The van der Waals surface area contributed by atoms with Gasteiger partial charge in [0, 0.05) is 11.6 Å². The van der Waals surface area contributed by atoms with E-state index in [0.717, 1.165) is 23.1 Å². The molecule has 4 N–H and O–H groups in total. The Morgan fingerprint density at radius 3 is 2.00 bits per heavy atom. The second-order valence-corrected chi connectivity index (χ2v) is 8.41. The van der Waals surface area contributed by atoms with Crippen LogP contribution < -0.4 is 5.32 Å². The van der Waals surface area contributed by atoms with Crippen molar-refractivity contribution in [1.82, 2.24) is 5.32 Å². The van der Waals surface area contributed by atoms with E-state index in [-0.39, 0.29) is 23.2 Å². The maximum Gasteiger partial charge on any atom is 0.115 e. The van der Waals surface area contributed by atoms with Crippen molar-refractivity contribution in [2.45, 2.75) is 57.4 Å². The van der Waals surface area contributed by atoms with Gasteiger partial charge in [-0.1, -0.05) is 36.4 Å². The van der Waals surface area contributed by atoms with Crippen molar-refractivity contribution in [3.63, 3.8) is 0 Å².